The standard InChI is InChI=1S/C4H8FO3P/c1-7-9(6,8-2)4-3-5/h3-4H,1-2H3. The highest BCUT2D eigenvalue weighted by Gasteiger charge is 2.14. The van der Waals surface area contributed by atoms with Crippen molar-refractivity contribution < 1.29 is 18.0 Å². The zero-order valence-electron chi connectivity index (χ0n) is 5.20. The number of hydrogen-bond acceptors (Lipinski definition) is 3. The predicted octanol–water partition coefficient (Wildman–Crippen LogP) is 1.91. The summed E-state index contributed by atoms with van der Waals surface area (Å²) in [5, 5.41) is 0. The molecule has 0 saturated heterocycles. The molecule has 0 N–H and O–H groups in total. The van der Waals surface area contributed by atoms with E-state index in [1.54, 1.807) is 0 Å². The minimum Gasteiger partial charge on any atom is -0.309 e. The van der Waals surface area contributed by atoms with E-state index in [2.05, 4.69) is 9.05 Å². The maximum Gasteiger partial charge on any atom is 0.355 e. The maximum atomic E-state index is 11.3. The van der Waals surface area contributed by atoms with Crippen molar-refractivity contribution in [1.29, 1.82) is 0 Å². The van der Waals surface area contributed by atoms with Gasteiger partial charge in [-0.25, -0.2) is 4.39 Å². The van der Waals surface area contributed by atoms with E-state index in [1.807, 2.05) is 0 Å². The predicted molar refractivity (Wildman–Crippen MR) is 31.9 cm³/mol. The number of halogens is 1. The summed E-state index contributed by atoms with van der Waals surface area (Å²) in [4.78, 5) is 0. The molecule has 0 radical (unpaired) electrons. The first-order valence-electron chi connectivity index (χ1n) is 2.17. The van der Waals surface area contributed by atoms with Crippen molar-refractivity contribution in [2.24, 2.45) is 0 Å². The lowest BCUT2D eigenvalue weighted by Gasteiger charge is -2.05. The van der Waals surface area contributed by atoms with Crippen molar-refractivity contribution in [1.82, 2.24) is 0 Å². The van der Waals surface area contributed by atoms with E-state index in [0.29, 0.717) is 0 Å². The van der Waals surface area contributed by atoms with Gasteiger partial charge in [-0.15, -0.1) is 0 Å². The molecule has 9 heavy (non-hydrogen) atoms. The molecule has 0 fully saturated rings. The lowest BCUT2D eigenvalue weighted by atomic mass is 11.2. The van der Waals surface area contributed by atoms with Gasteiger partial charge in [-0.1, -0.05) is 0 Å². The number of rotatable bonds is 3. The van der Waals surface area contributed by atoms with Crippen LogP contribution >= 0.6 is 7.60 Å². The van der Waals surface area contributed by atoms with Crippen LogP contribution in [0.1, 0.15) is 0 Å². The molecule has 5 heteroatoms. The van der Waals surface area contributed by atoms with Gasteiger partial charge in [0.15, 0.2) is 0 Å². The van der Waals surface area contributed by atoms with Crippen LogP contribution in [0.15, 0.2) is 12.1 Å². The first kappa shape index (κ1) is 8.82. The summed E-state index contributed by atoms with van der Waals surface area (Å²) in [5.41, 5.74) is 0. The molecular formula is C4H8FO3P. The summed E-state index contributed by atoms with van der Waals surface area (Å²) < 4.78 is 30.8. The minimum absolute atomic E-state index is 0.133. The fourth-order valence-corrected chi connectivity index (χ4v) is 0.796. The van der Waals surface area contributed by atoms with Crippen molar-refractivity contribution in [3.63, 3.8) is 0 Å². The zero-order chi connectivity index (χ0) is 7.33. The molecule has 0 aliphatic carbocycles. The monoisotopic (exact) mass is 154 g/mol. The molecule has 0 spiro atoms. The smallest absolute Gasteiger partial charge is 0.309 e. The summed E-state index contributed by atoms with van der Waals surface area (Å²) in [7, 11) is -0.867. The molecular weight excluding hydrogens is 146 g/mol. The normalized spacial score (nSPS) is 12.8. The second kappa shape index (κ2) is 3.77. The van der Waals surface area contributed by atoms with Gasteiger partial charge in [0.25, 0.3) is 0 Å². The SMILES string of the molecule is COP(=O)(C=CF)OC. The molecule has 0 saturated carbocycles. The third kappa shape index (κ3) is 2.75. The Morgan fingerprint density at radius 2 is 1.89 bits per heavy atom. The van der Waals surface area contributed by atoms with Crippen LogP contribution < -0.4 is 0 Å². The van der Waals surface area contributed by atoms with E-state index >= 15 is 0 Å². The average molecular weight is 154 g/mol. The van der Waals surface area contributed by atoms with Crippen LogP contribution in [0, 0.1) is 0 Å². The van der Waals surface area contributed by atoms with Gasteiger partial charge >= 0.3 is 7.60 Å². The van der Waals surface area contributed by atoms with Crippen molar-refractivity contribution >= 4 is 7.60 Å². The van der Waals surface area contributed by atoms with Gasteiger partial charge in [0.2, 0.25) is 0 Å². The van der Waals surface area contributed by atoms with Gasteiger partial charge in [0.05, 0.1) is 12.1 Å². The van der Waals surface area contributed by atoms with Gasteiger partial charge in [-0.05, 0) is 0 Å². The lowest BCUT2D eigenvalue weighted by Crippen LogP contribution is -1.81. The van der Waals surface area contributed by atoms with Gasteiger partial charge in [0, 0.05) is 14.2 Å². The third-order valence-corrected chi connectivity index (χ3v) is 2.24. The molecule has 0 rings (SSSR count). The molecule has 54 valence electrons. The van der Waals surface area contributed by atoms with E-state index < -0.39 is 7.60 Å². The Labute approximate surface area is 53.0 Å². The molecule has 0 heterocycles. The van der Waals surface area contributed by atoms with E-state index in [4.69, 9.17) is 0 Å². The summed E-state index contributed by atoms with van der Waals surface area (Å²) >= 11 is 0. The minimum atomic E-state index is -3.24. The number of hydrogen-bond donors (Lipinski definition) is 0. The summed E-state index contributed by atoms with van der Waals surface area (Å²) in [6, 6.07) is 0. The topological polar surface area (TPSA) is 35.5 Å². The van der Waals surface area contributed by atoms with Crippen molar-refractivity contribution in [3.05, 3.63) is 12.1 Å². The fourth-order valence-electron chi connectivity index (χ4n) is 0.265. The van der Waals surface area contributed by atoms with Crippen LogP contribution in [0.3, 0.4) is 0 Å². The second-order valence-corrected chi connectivity index (χ2v) is 3.29. The highest BCUT2D eigenvalue weighted by molar-refractivity contribution is 7.57. The molecule has 0 bridgehead atoms. The van der Waals surface area contributed by atoms with Crippen molar-refractivity contribution in [3.8, 4) is 0 Å². The van der Waals surface area contributed by atoms with Gasteiger partial charge < -0.3 is 9.05 Å². The van der Waals surface area contributed by atoms with Crippen LogP contribution in [0.2, 0.25) is 0 Å². The Morgan fingerprint density at radius 3 is 2.00 bits per heavy atom. The highest BCUT2D eigenvalue weighted by atomic mass is 31.2. The first-order chi connectivity index (χ1) is 4.18. The molecule has 0 aliphatic heterocycles. The molecule has 0 unspecified atom stereocenters. The Morgan fingerprint density at radius 1 is 1.44 bits per heavy atom. The Bertz CT molecular complexity index is 137. The van der Waals surface area contributed by atoms with Gasteiger partial charge in [0.1, 0.15) is 0 Å². The van der Waals surface area contributed by atoms with Gasteiger partial charge in [-0.3, -0.25) is 4.57 Å². The Kier molecular flexibility index (Phi) is 3.70. The van der Waals surface area contributed by atoms with Gasteiger partial charge in [-0.2, -0.15) is 0 Å². The van der Waals surface area contributed by atoms with Crippen molar-refractivity contribution in [2.75, 3.05) is 14.2 Å². The zero-order valence-corrected chi connectivity index (χ0v) is 6.10. The second-order valence-electron chi connectivity index (χ2n) is 1.18. The van der Waals surface area contributed by atoms with E-state index in [9.17, 15) is 8.96 Å². The van der Waals surface area contributed by atoms with Crippen LogP contribution in [0.5, 0.6) is 0 Å². The summed E-state index contributed by atoms with van der Waals surface area (Å²) in [6.07, 6.45) is 0.133. The maximum absolute atomic E-state index is 11.3. The first-order valence-corrected chi connectivity index (χ1v) is 3.79. The average Bonchev–Trinajstić information content (AvgIpc) is 1.89. The largest absolute Gasteiger partial charge is 0.355 e. The van der Waals surface area contributed by atoms with Crippen molar-refractivity contribution in [2.45, 2.75) is 0 Å². The third-order valence-electron chi connectivity index (χ3n) is 0.748. The highest BCUT2D eigenvalue weighted by Crippen LogP contribution is 2.47. The van der Waals surface area contributed by atoms with E-state index in [-0.39, 0.29) is 6.33 Å². The van der Waals surface area contributed by atoms with E-state index in [0.717, 1.165) is 5.82 Å². The molecule has 0 aromatic heterocycles. The van der Waals surface area contributed by atoms with Crippen LogP contribution in [0.4, 0.5) is 4.39 Å². The van der Waals surface area contributed by atoms with Crippen LogP contribution in [0.25, 0.3) is 0 Å². The molecule has 0 aliphatic rings. The summed E-state index contributed by atoms with van der Waals surface area (Å²) in [6.45, 7) is 0. The molecule has 0 aromatic carbocycles. The molecule has 0 amide bonds. The van der Waals surface area contributed by atoms with E-state index in [1.165, 1.54) is 14.2 Å². The quantitative estimate of drug-likeness (QED) is 0.582. The molecule has 0 atom stereocenters. The Balaban J connectivity index is 4.11. The molecule has 3 nitrogen and oxygen atoms in total. The lowest BCUT2D eigenvalue weighted by molar-refractivity contribution is 0.286. The van der Waals surface area contributed by atoms with Crippen LogP contribution in [-0.4, -0.2) is 14.2 Å². The van der Waals surface area contributed by atoms with Crippen LogP contribution in [-0.2, 0) is 13.6 Å². The molecule has 0 aromatic rings. The summed E-state index contributed by atoms with van der Waals surface area (Å²) in [5.74, 6) is 0.743. The fraction of sp³-hybridized carbons (Fsp3) is 0.500. The Hall–Kier alpha value is -0.180.